The van der Waals surface area contributed by atoms with Gasteiger partial charge in [0.1, 0.15) is 0 Å². The maximum Gasteiger partial charge on any atom is 0.417 e. The molecule has 8 nitrogen and oxygen atoms in total. The predicted molar refractivity (Wildman–Crippen MR) is 370 cm³/mol. The first-order valence-electron chi connectivity index (χ1n) is 30.6. The van der Waals surface area contributed by atoms with Crippen LogP contribution >= 0.6 is 0 Å². The van der Waals surface area contributed by atoms with Crippen LogP contribution in [0.2, 0.25) is 0 Å². The summed E-state index contributed by atoms with van der Waals surface area (Å²) >= 11 is 0. The van der Waals surface area contributed by atoms with Crippen LogP contribution in [0, 0.1) is 22.7 Å². The Bertz CT molecular complexity index is 5160. The Hall–Kier alpha value is -12.8. The molecule has 0 aliphatic heterocycles. The third kappa shape index (κ3) is 9.71. The van der Waals surface area contributed by atoms with Crippen molar-refractivity contribution in [2.45, 2.75) is 6.18 Å². The Morgan fingerprint density at radius 2 is 0.617 bits per heavy atom. The number of pyridine rings is 4. The Balaban J connectivity index is 1.03. The average molecular weight is 1220 g/mol. The first-order valence-corrected chi connectivity index (χ1v) is 30.6. The Morgan fingerprint density at radius 1 is 0.298 bits per heavy atom. The molecule has 6 aromatic heterocycles. The van der Waals surface area contributed by atoms with Gasteiger partial charge in [0.2, 0.25) is 0 Å². The van der Waals surface area contributed by atoms with E-state index in [-0.39, 0.29) is 33.6 Å². The van der Waals surface area contributed by atoms with E-state index < -0.39 is 11.7 Å². The van der Waals surface area contributed by atoms with Crippen molar-refractivity contribution < 1.29 is 13.2 Å². The number of nitrogens with zero attached hydrogens (tertiary/aromatic N) is 8. The molecule has 94 heavy (non-hydrogen) atoms. The third-order valence-electron chi connectivity index (χ3n) is 17.6. The summed E-state index contributed by atoms with van der Waals surface area (Å²) < 4.78 is 53.1. The van der Waals surface area contributed by atoms with Crippen LogP contribution in [0.3, 0.4) is 0 Å². The zero-order valence-corrected chi connectivity index (χ0v) is 50.0. The SMILES string of the molecule is N#Cc1cc(-n2c3ccc(-c4cccnc4-c4ccccc4)cc3c3cc(-c4cccnc4-c4ccccc4)ccc32)c(-c2c(C#N)cccc2C(F)(F)F)c(-n2c3ccc(-c4cccnc4-c4ccccc4)cc3c3cc(-c4cccnc4-c4ccccc4)ccc32)c1. The molecule has 0 saturated carbocycles. The van der Waals surface area contributed by atoms with Crippen LogP contribution in [0.5, 0.6) is 0 Å². The van der Waals surface area contributed by atoms with E-state index in [4.69, 9.17) is 19.9 Å². The van der Waals surface area contributed by atoms with Crippen molar-refractivity contribution in [3.8, 4) is 124 Å². The molecule has 0 bridgehead atoms. The van der Waals surface area contributed by atoms with Crippen LogP contribution in [0.1, 0.15) is 16.7 Å². The highest BCUT2D eigenvalue weighted by Gasteiger charge is 2.38. The van der Waals surface area contributed by atoms with Gasteiger partial charge in [-0.2, -0.15) is 23.7 Å². The number of hydrogen-bond donors (Lipinski definition) is 0. The molecular formula is C83H49F3N8. The van der Waals surface area contributed by atoms with Gasteiger partial charge in [0.25, 0.3) is 0 Å². The van der Waals surface area contributed by atoms with Crippen LogP contribution in [-0.2, 0) is 6.18 Å². The third-order valence-corrected chi connectivity index (χ3v) is 17.6. The second kappa shape index (κ2) is 23.2. The largest absolute Gasteiger partial charge is 0.417 e. The quantitative estimate of drug-likeness (QED) is 0.128. The van der Waals surface area contributed by atoms with Gasteiger partial charge < -0.3 is 9.13 Å². The number of benzene rings is 10. The molecule has 0 amide bonds. The maximum atomic E-state index is 16.4. The van der Waals surface area contributed by atoms with E-state index in [1.807, 2.05) is 228 Å². The molecule has 0 N–H and O–H groups in total. The number of fused-ring (bicyclic) bond motifs is 6. The van der Waals surface area contributed by atoms with Gasteiger partial charge in [-0.05, 0) is 119 Å². The molecule has 16 aromatic rings. The number of halogens is 3. The molecule has 16 rings (SSSR count). The van der Waals surface area contributed by atoms with Gasteiger partial charge in [0.05, 0.1) is 85.0 Å². The van der Waals surface area contributed by atoms with Crippen molar-refractivity contribution in [1.82, 2.24) is 29.1 Å². The highest BCUT2D eigenvalue weighted by Crippen LogP contribution is 2.50. The minimum Gasteiger partial charge on any atom is -0.308 e. The maximum absolute atomic E-state index is 16.4. The molecule has 0 atom stereocenters. The number of aromatic nitrogens is 6. The molecule has 442 valence electrons. The summed E-state index contributed by atoms with van der Waals surface area (Å²) in [6.07, 6.45) is 2.14. The van der Waals surface area contributed by atoms with Crippen LogP contribution in [0.15, 0.2) is 298 Å². The van der Waals surface area contributed by atoms with Crippen molar-refractivity contribution >= 4 is 43.6 Å². The second-order valence-corrected chi connectivity index (χ2v) is 23.0. The summed E-state index contributed by atoms with van der Waals surface area (Å²) in [5.74, 6) is 0. The van der Waals surface area contributed by atoms with Crippen molar-refractivity contribution in [3.63, 3.8) is 0 Å². The minimum absolute atomic E-state index is 0.0804. The lowest BCUT2D eigenvalue weighted by molar-refractivity contribution is -0.137. The van der Waals surface area contributed by atoms with E-state index >= 15 is 13.2 Å². The van der Waals surface area contributed by atoms with E-state index in [1.165, 1.54) is 12.1 Å². The summed E-state index contributed by atoms with van der Waals surface area (Å²) in [5.41, 5.74) is 15.4. The van der Waals surface area contributed by atoms with Gasteiger partial charge in [0, 0.05) is 102 Å². The highest BCUT2D eigenvalue weighted by molar-refractivity contribution is 6.15. The highest BCUT2D eigenvalue weighted by atomic mass is 19.4. The number of rotatable bonds is 11. The summed E-state index contributed by atoms with van der Waals surface area (Å²) in [6.45, 7) is 0. The normalized spacial score (nSPS) is 11.5. The molecule has 0 radical (unpaired) electrons. The lowest BCUT2D eigenvalue weighted by Gasteiger charge is -2.24. The molecule has 0 aliphatic carbocycles. The lowest BCUT2D eigenvalue weighted by atomic mass is 9.90. The first kappa shape index (κ1) is 56.4. The topological polar surface area (TPSA) is 109 Å². The molecule has 6 heterocycles. The fourth-order valence-corrected chi connectivity index (χ4v) is 13.5. The van der Waals surface area contributed by atoms with Crippen LogP contribution < -0.4 is 0 Å². The Labute approximate surface area is 538 Å². The molecule has 0 spiro atoms. The summed E-state index contributed by atoms with van der Waals surface area (Å²) in [6, 6.07) is 91.8. The summed E-state index contributed by atoms with van der Waals surface area (Å²) in [5, 5.41) is 25.8. The molecule has 0 aliphatic rings. The molecule has 0 unspecified atom stereocenters. The molecule has 11 heteroatoms. The fourth-order valence-electron chi connectivity index (χ4n) is 13.5. The van der Waals surface area contributed by atoms with E-state index in [0.29, 0.717) is 22.1 Å². The zero-order chi connectivity index (χ0) is 63.4. The van der Waals surface area contributed by atoms with E-state index in [9.17, 15) is 10.5 Å². The number of hydrogen-bond acceptors (Lipinski definition) is 6. The molecule has 0 fully saturated rings. The first-order chi connectivity index (χ1) is 46.2. The van der Waals surface area contributed by atoms with Gasteiger partial charge in [-0.1, -0.05) is 176 Å². The van der Waals surface area contributed by atoms with Crippen molar-refractivity contribution in [2.24, 2.45) is 0 Å². The van der Waals surface area contributed by atoms with Gasteiger partial charge in [-0.15, -0.1) is 0 Å². The van der Waals surface area contributed by atoms with Gasteiger partial charge in [-0.3, -0.25) is 19.9 Å². The van der Waals surface area contributed by atoms with Crippen LogP contribution in [0.25, 0.3) is 156 Å². The predicted octanol–water partition coefficient (Wildman–Crippen LogP) is 21.2. The van der Waals surface area contributed by atoms with Gasteiger partial charge >= 0.3 is 6.18 Å². The van der Waals surface area contributed by atoms with E-state index in [0.717, 1.165) is 117 Å². The molecule has 0 saturated heterocycles. The number of alkyl halides is 3. The summed E-state index contributed by atoms with van der Waals surface area (Å²) in [4.78, 5) is 19.6. The lowest BCUT2D eigenvalue weighted by Crippen LogP contribution is -2.12. The monoisotopic (exact) mass is 1210 g/mol. The van der Waals surface area contributed by atoms with Crippen molar-refractivity contribution in [2.75, 3.05) is 0 Å². The fraction of sp³-hybridized carbons (Fsp3) is 0.0120. The smallest absolute Gasteiger partial charge is 0.308 e. The Morgan fingerprint density at radius 3 is 0.904 bits per heavy atom. The number of nitriles is 2. The van der Waals surface area contributed by atoms with Crippen molar-refractivity contribution in [1.29, 1.82) is 10.5 Å². The van der Waals surface area contributed by atoms with E-state index in [1.54, 1.807) is 36.9 Å². The van der Waals surface area contributed by atoms with Gasteiger partial charge in [0.15, 0.2) is 0 Å². The average Bonchev–Trinajstić information content (AvgIpc) is 1.51. The zero-order valence-electron chi connectivity index (χ0n) is 50.0. The van der Waals surface area contributed by atoms with Crippen LogP contribution in [0.4, 0.5) is 13.2 Å². The Kier molecular flexibility index (Phi) is 13.9. The molecule has 10 aromatic carbocycles. The summed E-state index contributed by atoms with van der Waals surface area (Å²) in [7, 11) is 0. The van der Waals surface area contributed by atoms with Gasteiger partial charge in [-0.25, -0.2) is 0 Å². The minimum atomic E-state index is -4.96. The van der Waals surface area contributed by atoms with Crippen molar-refractivity contribution in [3.05, 3.63) is 314 Å². The molecular weight excluding hydrogens is 1170 g/mol. The van der Waals surface area contributed by atoms with E-state index in [2.05, 4.69) is 36.4 Å². The van der Waals surface area contributed by atoms with Crippen LogP contribution in [-0.4, -0.2) is 29.1 Å². The second-order valence-electron chi connectivity index (χ2n) is 23.0. The standard InChI is InChI=1S/C83H49F3N8/c84-83(85,86)70-31-13-26-61(51-88)77(70)78-75(93-71-36-32-57(62-27-14-40-89-79(62)53-18-5-1-6-19-53)46-66(71)67-47-58(33-37-72(67)93)63-28-15-41-90-80(63)54-20-7-2-8-21-54)44-52(50-87)45-76(78)94-73-38-34-59(64-29-16-42-91-81(64)55-22-9-3-10-23-55)48-68(73)69-49-60(35-39-74(69)94)65-30-17-43-92-82(65)56-24-11-4-12-25-56/h1-49H.